The third-order valence-electron chi connectivity index (χ3n) is 4.11. The second kappa shape index (κ2) is 5.94. The van der Waals surface area contributed by atoms with Crippen molar-refractivity contribution in [1.82, 2.24) is 20.1 Å². The summed E-state index contributed by atoms with van der Waals surface area (Å²) in [5, 5.41) is 7.10. The first kappa shape index (κ1) is 15.2. The van der Waals surface area contributed by atoms with Gasteiger partial charge in [-0.3, -0.25) is 4.79 Å². The number of anilines is 1. The molecule has 4 aromatic rings. The molecule has 0 saturated carbocycles. The number of hydrogen-bond donors (Lipinski definition) is 3. The molecule has 7 nitrogen and oxygen atoms in total. The van der Waals surface area contributed by atoms with Crippen molar-refractivity contribution in [1.29, 1.82) is 0 Å². The number of aryl methyl sites for hydroxylation is 2. The van der Waals surface area contributed by atoms with E-state index in [0.29, 0.717) is 18.0 Å². The zero-order valence-corrected chi connectivity index (χ0v) is 13.9. The van der Waals surface area contributed by atoms with Crippen LogP contribution in [0.5, 0.6) is 0 Å². The Bertz CT molecular complexity index is 1050. The number of pyridine rings is 1. The minimum absolute atomic E-state index is 0.188. The Kier molecular flexibility index (Phi) is 3.61. The van der Waals surface area contributed by atoms with Gasteiger partial charge in [-0.1, -0.05) is 17.3 Å². The van der Waals surface area contributed by atoms with E-state index in [-0.39, 0.29) is 5.56 Å². The van der Waals surface area contributed by atoms with Crippen molar-refractivity contribution in [2.45, 2.75) is 20.4 Å². The van der Waals surface area contributed by atoms with Crippen LogP contribution in [0.4, 0.5) is 5.69 Å². The van der Waals surface area contributed by atoms with Crippen LogP contribution >= 0.6 is 0 Å². The maximum atomic E-state index is 12.1. The molecule has 0 unspecified atom stereocenters. The number of hydrogen-bond acceptors (Lipinski definition) is 5. The molecular weight excluding hydrogens is 318 g/mol. The maximum absolute atomic E-state index is 12.1. The number of para-hydroxylation sites is 2. The average molecular weight is 335 g/mol. The molecule has 3 N–H and O–H groups in total. The van der Waals surface area contributed by atoms with Gasteiger partial charge in [-0.25, -0.2) is 4.98 Å². The van der Waals surface area contributed by atoms with Gasteiger partial charge >= 0.3 is 0 Å². The molecule has 0 atom stereocenters. The first-order chi connectivity index (χ1) is 12.1. The Morgan fingerprint density at radius 2 is 2.08 bits per heavy atom. The van der Waals surface area contributed by atoms with Crippen LogP contribution in [0.3, 0.4) is 0 Å². The molecule has 126 valence electrons. The molecule has 0 aliphatic heterocycles. The highest BCUT2D eigenvalue weighted by Gasteiger charge is 2.13. The van der Waals surface area contributed by atoms with E-state index < -0.39 is 0 Å². The molecular formula is C18H17N5O2. The van der Waals surface area contributed by atoms with Crippen LogP contribution in [0.15, 0.2) is 45.8 Å². The van der Waals surface area contributed by atoms with Crippen molar-refractivity contribution in [3.8, 4) is 11.1 Å². The van der Waals surface area contributed by atoms with Crippen LogP contribution in [0, 0.1) is 13.8 Å². The van der Waals surface area contributed by atoms with E-state index in [1.807, 2.05) is 38.1 Å². The van der Waals surface area contributed by atoms with E-state index in [9.17, 15) is 4.79 Å². The second-order valence-corrected chi connectivity index (χ2v) is 5.88. The summed E-state index contributed by atoms with van der Waals surface area (Å²) in [6, 6.07) is 9.61. The van der Waals surface area contributed by atoms with Gasteiger partial charge in [-0.05, 0) is 32.0 Å². The number of aromatic amines is 2. The van der Waals surface area contributed by atoms with Gasteiger partial charge in [0.2, 0.25) is 0 Å². The molecule has 0 radical (unpaired) electrons. The van der Waals surface area contributed by atoms with E-state index in [2.05, 4.69) is 25.4 Å². The molecule has 0 spiro atoms. The molecule has 3 heterocycles. The van der Waals surface area contributed by atoms with Crippen molar-refractivity contribution in [2.24, 2.45) is 0 Å². The Morgan fingerprint density at radius 3 is 2.84 bits per heavy atom. The third kappa shape index (κ3) is 2.80. The number of H-pyrrole nitrogens is 2. The van der Waals surface area contributed by atoms with Crippen molar-refractivity contribution < 1.29 is 4.52 Å². The lowest BCUT2D eigenvalue weighted by atomic mass is 10.1. The molecule has 3 aromatic heterocycles. The smallest absolute Gasteiger partial charge is 0.271 e. The molecule has 0 fully saturated rings. The van der Waals surface area contributed by atoms with Crippen LogP contribution in [-0.4, -0.2) is 20.1 Å². The lowest BCUT2D eigenvalue weighted by molar-refractivity contribution is 0.393. The summed E-state index contributed by atoms with van der Waals surface area (Å²) in [6.45, 7) is 4.14. The first-order valence-electron chi connectivity index (χ1n) is 7.95. The second-order valence-electron chi connectivity index (χ2n) is 5.88. The predicted molar refractivity (Wildman–Crippen MR) is 95.5 cm³/mol. The van der Waals surface area contributed by atoms with Gasteiger partial charge in [0, 0.05) is 17.3 Å². The average Bonchev–Trinajstić information content (AvgIpc) is 3.17. The number of aromatic nitrogens is 4. The van der Waals surface area contributed by atoms with Gasteiger partial charge in [-0.2, -0.15) is 0 Å². The van der Waals surface area contributed by atoms with Gasteiger partial charge in [0.25, 0.3) is 5.56 Å². The van der Waals surface area contributed by atoms with E-state index >= 15 is 0 Å². The summed E-state index contributed by atoms with van der Waals surface area (Å²) in [4.78, 5) is 22.6. The van der Waals surface area contributed by atoms with Crippen molar-refractivity contribution in [2.75, 3.05) is 5.32 Å². The molecule has 1 aromatic carbocycles. The van der Waals surface area contributed by atoms with Gasteiger partial charge in [0.15, 0.2) is 0 Å². The molecule has 0 bridgehead atoms. The predicted octanol–water partition coefficient (Wildman–Crippen LogP) is 3.14. The van der Waals surface area contributed by atoms with E-state index in [0.717, 1.165) is 33.7 Å². The number of rotatable bonds is 4. The van der Waals surface area contributed by atoms with E-state index in [4.69, 9.17) is 4.52 Å². The largest absolute Gasteiger partial charge is 0.373 e. The maximum Gasteiger partial charge on any atom is 0.271 e. The van der Waals surface area contributed by atoms with Gasteiger partial charge in [0.05, 0.1) is 23.3 Å². The minimum Gasteiger partial charge on any atom is -0.373 e. The van der Waals surface area contributed by atoms with E-state index in [1.54, 1.807) is 12.3 Å². The highest BCUT2D eigenvalue weighted by Crippen LogP contribution is 2.27. The summed E-state index contributed by atoms with van der Waals surface area (Å²) in [5.74, 6) is 1.48. The summed E-state index contributed by atoms with van der Waals surface area (Å²) in [5.41, 5.74) is 4.68. The number of nitrogens with zero attached hydrogens (tertiary/aromatic N) is 2. The fraction of sp³-hybridized carbons (Fsp3) is 0.167. The number of nitrogens with one attached hydrogen (secondary N) is 3. The van der Waals surface area contributed by atoms with Crippen molar-refractivity contribution in [3.05, 3.63) is 64.2 Å². The normalized spacial score (nSPS) is 11.1. The summed E-state index contributed by atoms with van der Waals surface area (Å²) < 4.78 is 5.21. The first-order valence-corrected chi connectivity index (χ1v) is 7.95. The Hall–Kier alpha value is -3.35. The van der Waals surface area contributed by atoms with Crippen LogP contribution in [-0.2, 0) is 6.54 Å². The monoisotopic (exact) mass is 335 g/mol. The topological polar surface area (TPSA) is 99.6 Å². The molecule has 0 aliphatic rings. The Morgan fingerprint density at radius 1 is 1.24 bits per heavy atom. The quantitative estimate of drug-likeness (QED) is 0.532. The number of fused-ring (bicyclic) bond motifs is 1. The highest BCUT2D eigenvalue weighted by atomic mass is 16.5. The minimum atomic E-state index is -0.188. The molecule has 25 heavy (non-hydrogen) atoms. The zero-order chi connectivity index (χ0) is 17.4. The third-order valence-corrected chi connectivity index (χ3v) is 4.11. The van der Waals surface area contributed by atoms with E-state index in [1.165, 1.54) is 0 Å². The fourth-order valence-corrected chi connectivity index (χ4v) is 2.92. The lowest BCUT2D eigenvalue weighted by Gasteiger charge is -2.06. The van der Waals surface area contributed by atoms with Crippen LogP contribution in [0.25, 0.3) is 22.2 Å². The van der Waals surface area contributed by atoms with Crippen LogP contribution < -0.4 is 10.9 Å². The van der Waals surface area contributed by atoms with Gasteiger partial charge in [-0.15, -0.1) is 0 Å². The Labute approximate surface area is 143 Å². The zero-order valence-electron chi connectivity index (χ0n) is 13.9. The lowest BCUT2D eigenvalue weighted by Crippen LogP contribution is -2.14. The molecule has 7 heteroatoms. The van der Waals surface area contributed by atoms with Gasteiger partial charge < -0.3 is 19.8 Å². The standard InChI is InChI=1S/C18H17N5O2/c1-10-17(11(2)25-23-10)12-7-15(18(24)20-8-12)19-9-16-21-13-5-3-4-6-14(13)22-16/h3-8,19H,9H2,1-2H3,(H,20,24)(H,21,22). The summed E-state index contributed by atoms with van der Waals surface area (Å²) in [6.07, 6.45) is 1.67. The Balaban J connectivity index is 1.62. The number of imidazole rings is 1. The summed E-state index contributed by atoms with van der Waals surface area (Å²) in [7, 11) is 0. The fourth-order valence-electron chi connectivity index (χ4n) is 2.92. The number of benzene rings is 1. The van der Waals surface area contributed by atoms with Crippen LogP contribution in [0.1, 0.15) is 17.3 Å². The van der Waals surface area contributed by atoms with Gasteiger partial charge in [0.1, 0.15) is 17.3 Å². The molecule has 4 rings (SSSR count). The highest BCUT2D eigenvalue weighted by molar-refractivity contribution is 5.75. The van der Waals surface area contributed by atoms with Crippen molar-refractivity contribution in [3.63, 3.8) is 0 Å². The molecule has 0 aliphatic carbocycles. The van der Waals surface area contributed by atoms with Crippen LogP contribution in [0.2, 0.25) is 0 Å². The molecule has 0 amide bonds. The SMILES string of the molecule is Cc1noc(C)c1-c1c[nH]c(=O)c(NCc2nc3ccccc3[nH]2)c1. The summed E-state index contributed by atoms with van der Waals surface area (Å²) >= 11 is 0. The molecule has 0 saturated heterocycles. The van der Waals surface area contributed by atoms with Crippen molar-refractivity contribution >= 4 is 16.7 Å².